The van der Waals surface area contributed by atoms with E-state index in [2.05, 4.69) is 585 Å². The van der Waals surface area contributed by atoms with Crippen LogP contribution in [0.15, 0.2) is 443 Å². The van der Waals surface area contributed by atoms with E-state index >= 15 is 0 Å². The minimum atomic E-state index is -0.416. The number of hydrogen-bond donors (Lipinski definition) is 0. The first-order chi connectivity index (χ1) is 71.3. The van der Waals surface area contributed by atoms with Gasteiger partial charge in [0.05, 0.1) is 0 Å². The molecule has 22 aromatic carbocycles. The van der Waals surface area contributed by atoms with Gasteiger partial charge in [0.25, 0.3) is 0 Å². The number of rotatable bonds is 12. The highest BCUT2D eigenvalue weighted by Gasteiger charge is 2.45. The molecule has 0 bridgehead atoms. The fourth-order valence-electron chi connectivity index (χ4n) is 24.9. The van der Waals surface area contributed by atoms with Crippen molar-refractivity contribution in [3.63, 3.8) is 0 Å². The van der Waals surface area contributed by atoms with Crippen LogP contribution in [0.1, 0.15) is 153 Å². The van der Waals surface area contributed by atoms with Crippen molar-refractivity contribution < 1.29 is 0 Å². The number of hydrogen-bond acceptors (Lipinski definition) is 0. The predicted molar refractivity (Wildman–Crippen MR) is 647 cm³/mol. The summed E-state index contributed by atoms with van der Waals surface area (Å²) in [6.07, 6.45) is 0. The molecule has 0 aliphatic heterocycles. The van der Waals surface area contributed by atoms with Gasteiger partial charge in [-0.15, -0.1) is 0 Å². The largest absolute Gasteiger partial charge is 0.0622 e. The molecular formula is C144H112Br4. The first kappa shape index (κ1) is 94.8. The monoisotopic (exact) mass is 2160 g/mol. The third-order valence-electron chi connectivity index (χ3n) is 32.7. The first-order valence-electron chi connectivity index (χ1n) is 51.9. The zero-order valence-electron chi connectivity index (χ0n) is 85.9. The zero-order valence-corrected chi connectivity index (χ0v) is 92.3. The van der Waals surface area contributed by atoms with E-state index in [4.69, 9.17) is 0 Å². The minimum Gasteiger partial charge on any atom is -0.0622 e. The highest BCUT2D eigenvalue weighted by Crippen LogP contribution is 2.65. The summed E-state index contributed by atoms with van der Waals surface area (Å²) >= 11 is 15.5. The molecular weight excluding hydrogens is 2050 g/mol. The SMILES string of the molecule is CC(C)(C)c1ccc(-c2cc(-c3ccc(C(C)(C)C)cc3)cc(-c3ccc4c5c(cccc35)-c3c-4c(-c4ccccc4)c4cc(C5(C)c6cc(Br)ccc6-c6ccc(Br)cc65)ccc4c3-c3ccccc3)c2)cc1.CC(C)(C)c1ccc(-c2cc(-c3ccc(C(C)(C)C)cc3)cc(-c3ccc4c5c(cccc35)-c3c-4c(-c4ccccc4)c4ccc(C5(C)c6cc(Br)ccc6-c6ccc(Br)cc65)cc4c3-c3ccccc3)c2)cc1. The topological polar surface area (TPSA) is 0 Å². The van der Waals surface area contributed by atoms with Crippen molar-refractivity contribution in [2.24, 2.45) is 0 Å². The predicted octanol–water partition coefficient (Wildman–Crippen LogP) is 42.9. The van der Waals surface area contributed by atoms with Crippen molar-refractivity contribution >= 4 is 107 Å². The summed E-state index contributed by atoms with van der Waals surface area (Å²) in [6.45, 7) is 32.3. The standard InChI is InChI=1S/2C72H56Br2/c1-70(2,3)50-25-21-43(22-26-50)47-37-48(44-23-27-51(28-24-44)71(4,5)6)39-49(38-47)55-35-36-61-67-58(55)19-14-20-60(67)68-66(46-17-12-9-13-18-46)62-40-52(29-32-59(62)65(69(61)68)45-15-10-8-11-16-45)72(7)63-41-53(73)30-33-56(63)57-34-31-54(74)42-64(57)72;1-70(2,3)50-25-21-43(22-26-50)47-37-48(44-23-27-51(28-24-44)71(4,5)6)39-49(38-47)55-35-36-61-67-58(55)19-14-20-60(67)68-65(45-15-10-8-11-16-45)59-32-29-52(40-62(59)66(69(61)68)46-17-12-9-13-18-46)72(7)63-41-53(73)30-33-56(63)57-34-31-54(74)42-64(57)72/h2*8-42H,1-7H3. The summed E-state index contributed by atoms with van der Waals surface area (Å²) in [5.74, 6) is 0. The number of benzene rings is 22. The highest BCUT2D eigenvalue weighted by atomic mass is 79.9. The lowest BCUT2D eigenvalue weighted by Gasteiger charge is -2.30. The maximum atomic E-state index is 3.88. The van der Waals surface area contributed by atoms with Crippen molar-refractivity contribution in [1.29, 1.82) is 0 Å². The fraction of sp³-hybridized carbons (Fsp3) is 0.139. The molecule has 0 heterocycles. The maximum Gasteiger partial charge on any atom is 0.0436 e. The number of halogens is 4. The third-order valence-corrected chi connectivity index (χ3v) is 34.6. The second kappa shape index (κ2) is 35.8. The van der Waals surface area contributed by atoms with Crippen molar-refractivity contribution in [2.45, 2.75) is 129 Å². The van der Waals surface area contributed by atoms with Gasteiger partial charge in [0.1, 0.15) is 0 Å². The van der Waals surface area contributed by atoms with Crippen molar-refractivity contribution in [3.05, 3.63) is 498 Å². The van der Waals surface area contributed by atoms with Crippen LogP contribution in [0.25, 0.3) is 221 Å². The van der Waals surface area contributed by atoms with Gasteiger partial charge in [0.15, 0.2) is 0 Å². The van der Waals surface area contributed by atoms with Gasteiger partial charge >= 0.3 is 0 Å². The molecule has 716 valence electrons. The number of fused-ring (bicyclic) bond motifs is 14. The first-order valence-corrected chi connectivity index (χ1v) is 55.1. The molecule has 0 fully saturated rings. The van der Waals surface area contributed by atoms with E-state index in [0.29, 0.717) is 0 Å². The van der Waals surface area contributed by atoms with Crippen molar-refractivity contribution in [2.75, 3.05) is 0 Å². The Labute approximate surface area is 904 Å². The molecule has 0 unspecified atom stereocenters. The summed E-state index contributed by atoms with van der Waals surface area (Å²) in [5.41, 5.74) is 52.6. The van der Waals surface area contributed by atoms with Crippen LogP contribution in [0, 0.1) is 0 Å². The molecule has 0 aromatic heterocycles. The maximum absolute atomic E-state index is 3.88. The van der Waals surface area contributed by atoms with Gasteiger partial charge in [-0.1, -0.05) is 474 Å². The summed E-state index contributed by atoms with van der Waals surface area (Å²) in [6, 6.07) is 162. The van der Waals surface area contributed by atoms with Crippen LogP contribution < -0.4 is 0 Å². The summed E-state index contributed by atoms with van der Waals surface area (Å²) in [4.78, 5) is 0. The molecule has 0 atom stereocenters. The van der Waals surface area contributed by atoms with Crippen LogP contribution in [0.2, 0.25) is 0 Å². The van der Waals surface area contributed by atoms with Crippen LogP contribution in [0.5, 0.6) is 0 Å². The third kappa shape index (κ3) is 15.8. The summed E-state index contributed by atoms with van der Waals surface area (Å²) in [5, 5.41) is 10.1. The molecule has 0 N–H and O–H groups in total. The van der Waals surface area contributed by atoms with Crippen LogP contribution in [0.3, 0.4) is 0 Å². The van der Waals surface area contributed by atoms with Crippen LogP contribution in [-0.2, 0) is 32.5 Å². The van der Waals surface area contributed by atoms with Crippen molar-refractivity contribution in [3.8, 4) is 178 Å². The highest BCUT2D eigenvalue weighted by molar-refractivity contribution is 9.11. The molecule has 148 heavy (non-hydrogen) atoms. The van der Waals surface area contributed by atoms with Gasteiger partial charge in [0, 0.05) is 28.7 Å². The van der Waals surface area contributed by atoms with Crippen molar-refractivity contribution in [1.82, 2.24) is 0 Å². The quantitative estimate of drug-likeness (QED) is 0.114. The van der Waals surface area contributed by atoms with Gasteiger partial charge < -0.3 is 0 Å². The Morgan fingerprint density at radius 2 is 0.385 bits per heavy atom. The second-order valence-electron chi connectivity index (χ2n) is 45.7. The summed E-state index contributed by atoms with van der Waals surface area (Å²) < 4.78 is 4.34. The Morgan fingerprint density at radius 1 is 0.155 bits per heavy atom. The Balaban J connectivity index is 0.000000154. The van der Waals surface area contributed by atoms with E-state index in [1.165, 1.54) is 277 Å². The molecule has 0 saturated carbocycles. The van der Waals surface area contributed by atoms with E-state index in [9.17, 15) is 0 Å². The lowest BCUT2D eigenvalue weighted by atomic mass is 9.73. The molecule has 0 amide bonds. The molecule has 0 saturated heterocycles. The smallest absolute Gasteiger partial charge is 0.0436 e. The fourth-order valence-corrected chi connectivity index (χ4v) is 26.3. The average Bonchev–Trinajstić information content (AvgIpc) is 1.56. The van der Waals surface area contributed by atoms with E-state index in [1.54, 1.807) is 0 Å². The molecule has 0 spiro atoms. The molecule has 22 aromatic rings. The van der Waals surface area contributed by atoms with E-state index in [-0.39, 0.29) is 21.7 Å². The Morgan fingerprint density at radius 3 is 0.642 bits per heavy atom. The summed E-state index contributed by atoms with van der Waals surface area (Å²) in [7, 11) is 0. The Hall–Kier alpha value is -14.2. The average molecular weight is 2160 g/mol. The minimum absolute atomic E-state index is 0.0688. The van der Waals surface area contributed by atoms with E-state index < -0.39 is 10.8 Å². The Bertz CT molecular complexity index is 8480. The normalized spacial score (nSPS) is 13.3. The van der Waals surface area contributed by atoms with E-state index in [1.807, 2.05) is 0 Å². The van der Waals surface area contributed by atoms with Gasteiger partial charge in [-0.2, -0.15) is 0 Å². The van der Waals surface area contributed by atoms with Crippen LogP contribution in [-0.4, -0.2) is 0 Å². The lowest BCUT2D eigenvalue weighted by Crippen LogP contribution is -2.22. The molecule has 26 rings (SSSR count). The van der Waals surface area contributed by atoms with Gasteiger partial charge in [-0.3, -0.25) is 0 Å². The zero-order chi connectivity index (χ0) is 102. The molecule has 0 radical (unpaired) electrons. The second-order valence-corrected chi connectivity index (χ2v) is 49.3. The van der Waals surface area contributed by atoms with Gasteiger partial charge in [0.2, 0.25) is 0 Å². The van der Waals surface area contributed by atoms with Crippen LogP contribution >= 0.6 is 63.7 Å². The van der Waals surface area contributed by atoms with Gasteiger partial charge in [-0.05, 0) is 409 Å². The molecule has 4 heteroatoms. The lowest BCUT2D eigenvalue weighted by molar-refractivity contribution is 0.590. The van der Waals surface area contributed by atoms with Gasteiger partial charge in [-0.25, -0.2) is 0 Å². The van der Waals surface area contributed by atoms with E-state index in [0.717, 1.165) is 17.9 Å². The molecule has 4 aliphatic rings. The van der Waals surface area contributed by atoms with Crippen LogP contribution in [0.4, 0.5) is 0 Å². The molecule has 4 aliphatic carbocycles. The molecule has 0 nitrogen and oxygen atoms in total. The Kier molecular flexibility index (Phi) is 22.9.